The van der Waals surface area contributed by atoms with Gasteiger partial charge < -0.3 is 20.1 Å². The summed E-state index contributed by atoms with van der Waals surface area (Å²) in [4.78, 5) is 24.9. The van der Waals surface area contributed by atoms with Crippen LogP contribution in [0.5, 0.6) is 0 Å². The molecule has 2 saturated heterocycles. The Hall–Kier alpha value is -1.77. The summed E-state index contributed by atoms with van der Waals surface area (Å²) in [5.41, 5.74) is -0.696. The average Bonchev–Trinajstić information content (AvgIpc) is 2.88. The summed E-state index contributed by atoms with van der Waals surface area (Å²) >= 11 is 0. The number of amides is 1. The maximum Gasteiger partial charge on any atom is 0.222 e. The molecule has 0 radical (unpaired) electrons. The zero-order valence-corrected chi connectivity index (χ0v) is 16.0. The van der Waals surface area contributed by atoms with Crippen molar-refractivity contribution in [2.24, 2.45) is 0 Å². The van der Waals surface area contributed by atoms with Gasteiger partial charge in [0, 0.05) is 58.1 Å². The SMILES string of the molecule is O=C(CCCNc1ncccn1)N1CCC[C@](O)(CN2CCOCC2)CC1. The fourth-order valence-electron chi connectivity index (χ4n) is 3.75. The van der Waals surface area contributed by atoms with Crippen LogP contribution in [0.15, 0.2) is 18.5 Å². The zero-order valence-electron chi connectivity index (χ0n) is 16.0. The fraction of sp³-hybridized carbons (Fsp3) is 0.737. The minimum Gasteiger partial charge on any atom is -0.388 e. The van der Waals surface area contributed by atoms with Crippen LogP contribution in [0.25, 0.3) is 0 Å². The number of hydrogen-bond acceptors (Lipinski definition) is 7. The van der Waals surface area contributed by atoms with E-state index in [4.69, 9.17) is 4.74 Å². The highest BCUT2D eigenvalue weighted by atomic mass is 16.5. The van der Waals surface area contributed by atoms with Crippen molar-refractivity contribution in [1.29, 1.82) is 0 Å². The van der Waals surface area contributed by atoms with Crippen molar-refractivity contribution in [2.45, 2.75) is 37.7 Å². The van der Waals surface area contributed by atoms with Crippen LogP contribution in [-0.2, 0) is 9.53 Å². The molecule has 3 heterocycles. The normalized spacial score (nSPS) is 24.4. The molecular formula is C19H31N5O3. The number of anilines is 1. The summed E-state index contributed by atoms with van der Waals surface area (Å²) in [6.07, 6.45) is 6.87. The zero-order chi connectivity index (χ0) is 19.0. The smallest absolute Gasteiger partial charge is 0.222 e. The van der Waals surface area contributed by atoms with E-state index in [2.05, 4.69) is 20.2 Å². The number of carbonyl (C=O) groups excluding carboxylic acids is 1. The van der Waals surface area contributed by atoms with E-state index in [0.717, 1.165) is 52.1 Å². The van der Waals surface area contributed by atoms with E-state index in [1.165, 1.54) is 0 Å². The Kier molecular flexibility index (Phi) is 7.37. The van der Waals surface area contributed by atoms with Crippen LogP contribution in [0.3, 0.4) is 0 Å². The van der Waals surface area contributed by atoms with Gasteiger partial charge in [-0.25, -0.2) is 9.97 Å². The summed E-state index contributed by atoms with van der Waals surface area (Å²) in [6.45, 7) is 5.95. The third kappa shape index (κ3) is 6.41. The topological polar surface area (TPSA) is 90.8 Å². The second-order valence-corrected chi connectivity index (χ2v) is 7.45. The first kappa shape index (κ1) is 20.0. The second-order valence-electron chi connectivity index (χ2n) is 7.45. The molecule has 3 rings (SSSR count). The molecule has 0 bridgehead atoms. The summed E-state index contributed by atoms with van der Waals surface area (Å²) in [5, 5.41) is 14.1. The van der Waals surface area contributed by atoms with Gasteiger partial charge in [-0.15, -0.1) is 0 Å². The van der Waals surface area contributed by atoms with Crippen molar-refractivity contribution >= 4 is 11.9 Å². The molecule has 8 heteroatoms. The number of aromatic nitrogens is 2. The Balaban J connectivity index is 1.38. The van der Waals surface area contributed by atoms with Crippen LogP contribution >= 0.6 is 0 Å². The Morgan fingerprint density at radius 2 is 1.96 bits per heavy atom. The molecular weight excluding hydrogens is 346 g/mol. The van der Waals surface area contributed by atoms with E-state index in [-0.39, 0.29) is 5.91 Å². The summed E-state index contributed by atoms with van der Waals surface area (Å²) in [5.74, 6) is 0.759. The molecule has 8 nitrogen and oxygen atoms in total. The van der Waals surface area contributed by atoms with Gasteiger partial charge in [-0.1, -0.05) is 0 Å². The number of β-amino-alcohol motifs (C(OH)–C–C–N with tert-alkyl or cyclic N) is 1. The van der Waals surface area contributed by atoms with E-state index >= 15 is 0 Å². The first-order chi connectivity index (χ1) is 13.1. The molecule has 0 unspecified atom stereocenters. The molecule has 27 heavy (non-hydrogen) atoms. The Bertz CT molecular complexity index is 582. The second kappa shape index (κ2) is 9.96. The van der Waals surface area contributed by atoms with E-state index in [1.54, 1.807) is 18.5 Å². The lowest BCUT2D eigenvalue weighted by atomic mass is 9.94. The van der Waals surface area contributed by atoms with Crippen molar-refractivity contribution in [3.8, 4) is 0 Å². The van der Waals surface area contributed by atoms with Crippen LogP contribution in [-0.4, -0.2) is 88.9 Å². The molecule has 2 aliphatic heterocycles. The van der Waals surface area contributed by atoms with Gasteiger partial charge in [-0.05, 0) is 31.7 Å². The molecule has 0 saturated carbocycles. The number of nitrogens with zero attached hydrogens (tertiary/aromatic N) is 4. The molecule has 1 amide bonds. The van der Waals surface area contributed by atoms with Gasteiger partial charge in [-0.3, -0.25) is 9.69 Å². The highest BCUT2D eigenvalue weighted by molar-refractivity contribution is 5.76. The summed E-state index contributed by atoms with van der Waals surface area (Å²) in [7, 11) is 0. The van der Waals surface area contributed by atoms with Crippen LogP contribution in [0, 0.1) is 0 Å². The van der Waals surface area contributed by atoms with Crippen molar-refractivity contribution in [3.63, 3.8) is 0 Å². The first-order valence-electron chi connectivity index (χ1n) is 9.96. The number of carbonyl (C=O) groups is 1. The monoisotopic (exact) mass is 377 g/mol. The summed E-state index contributed by atoms with van der Waals surface area (Å²) in [6, 6.07) is 1.77. The third-order valence-electron chi connectivity index (χ3n) is 5.31. The van der Waals surface area contributed by atoms with Crippen LogP contribution in [0.2, 0.25) is 0 Å². The van der Waals surface area contributed by atoms with Crippen molar-refractivity contribution in [1.82, 2.24) is 19.8 Å². The molecule has 1 aromatic rings. The van der Waals surface area contributed by atoms with Gasteiger partial charge in [0.2, 0.25) is 11.9 Å². The predicted molar refractivity (Wildman–Crippen MR) is 102 cm³/mol. The van der Waals surface area contributed by atoms with Gasteiger partial charge in [0.15, 0.2) is 0 Å². The number of morpholine rings is 1. The van der Waals surface area contributed by atoms with Gasteiger partial charge >= 0.3 is 0 Å². The molecule has 0 aromatic carbocycles. The molecule has 1 aromatic heterocycles. The molecule has 2 N–H and O–H groups in total. The first-order valence-corrected chi connectivity index (χ1v) is 9.96. The number of ether oxygens (including phenoxy) is 1. The number of aliphatic hydroxyl groups is 1. The quantitative estimate of drug-likeness (QED) is 0.678. The van der Waals surface area contributed by atoms with E-state index in [9.17, 15) is 9.90 Å². The van der Waals surface area contributed by atoms with Gasteiger partial charge in [0.1, 0.15) is 0 Å². The minimum atomic E-state index is -0.696. The van der Waals surface area contributed by atoms with Crippen LogP contribution in [0.4, 0.5) is 5.95 Å². The van der Waals surface area contributed by atoms with Crippen LogP contribution < -0.4 is 5.32 Å². The highest BCUT2D eigenvalue weighted by Crippen LogP contribution is 2.24. The van der Waals surface area contributed by atoms with E-state index in [0.29, 0.717) is 38.4 Å². The molecule has 150 valence electrons. The Morgan fingerprint density at radius 1 is 1.19 bits per heavy atom. The number of rotatable bonds is 7. The van der Waals surface area contributed by atoms with Gasteiger partial charge in [0.25, 0.3) is 0 Å². The Labute approximate surface area is 160 Å². The van der Waals surface area contributed by atoms with E-state index in [1.807, 2.05) is 4.90 Å². The minimum absolute atomic E-state index is 0.168. The molecule has 0 spiro atoms. The van der Waals surface area contributed by atoms with Crippen LogP contribution in [0.1, 0.15) is 32.1 Å². The molecule has 2 fully saturated rings. The maximum atomic E-state index is 12.5. The third-order valence-corrected chi connectivity index (χ3v) is 5.31. The number of nitrogens with one attached hydrogen (secondary N) is 1. The lowest BCUT2D eigenvalue weighted by molar-refractivity contribution is -0.131. The average molecular weight is 377 g/mol. The van der Waals surface area contributed by atoms with Crippen molar-refractivity contribution in [3.05, 3.63) is 18.5 Å². The standard InChI is InChI=1S/C19H31N5O3/c25-17(4-1-7-20-18-21-8-3-9-22-18)24-10-2-5-19(26,6-11-24)16-23-12-14-27-15-13-23/h3,8-9,26H,1-2,4-7,10-16H2,(H,20,21,22)/t19-/m1/s1. The predicted octanol–water partition coefficient (Wildman–Crippen LogP) is 0.745. The molecule has 1 atom stereocenters. The molecule has 0 aliphatic carbocycles. The van der Waals surface area contributed by atoms with Crippen molar-refractivity contribution in [2.75, 3.05) is 57.8 Å². The van der Waals surface area contributed by atoms with Crippen molar-refractivity contribution < 1.29 is 14.6 Å². The van der Waals surface area contributed by atoms with E-state index < -0.39 is 5.60 Å². The summed E-state index contributed by atoms with van der Waals surface area (Å²) < 4.78 is 5.38. The lowest BCUT2D eigenvalue weighted by Crippen LogP contribution is -2.48. The number of hydrogen-bond donors (Lipinski definition) is 2. The molecule has 2 aliphatic rings. The highest BCUT2D eigenvalue weighted by Gasteiger charge is 2.33. The number of likely N-dealkylation sites (tertiary alicyclic amines) is 1. The Morgan fingerprint density at radius 3 is 2.74 bits per heavy atom. The van der Waals surface area contributed by atoms with Gasteiger partial charge in [0.05, 0.1) is 18.8 Å². The maximum absolute atomic E-state index is 12.5. The largest absolute Gasteiger partial charge is 0.388 e. The van der Waals surface area contributed by atoms with Gasteiger partial charge in [-0.2, -0.15) is 0 Å². The lowest BCUT2D eigenvalue weighted by Gasteiger charge is -2.35. The fourth-order valence-corrected chi connectivity index (χ4v) is 3.75.